The quantitative estimate of drug-likeness (QED) is 0.895. The van der Waals surface area contributed by atoms with Crippen molar-refractivity contribution >= 4 is 15.5 Å². The zero-order valence-corrected chi connectivity index (χ0v) is 14.0. The molecule has 0 bridgehead atoms. The Bertz CT molecular complexity index is 604. The van der Waals surface area contributed by atoms with Gasteiger partial charge in [0.05, 0.1) is 16.3 Å². The molecule has 122 valence electrons. The van der Waals surface area contributed by atoms with Crippen molar-refractivity contribution in [3.05, 3.63) is 24.3 Å². The lowest BCUT2D eigenvalue weighted by Gasteiger charge is -2.39. The van der Waals surface area contributed by atoms with Gasteiger partial charge in [-0.3, -0.25) is 4.90 Å². The highest BCUT2D eigenvalue weighted by Gasteiger charge is 2.28. The van der Waals surface area contributed by atoms with Crippen LogP contribution in [-0.2, 0) is 9.84 Å². The number of nitrogens with zero attached hydrogens (tertiary/aromatic N) is 2. The second kappa shape index (κ2) is 6.56. The topological polar surface area (TPSA) is 52.7 Å². The molecule has 2 aliphatic rings. The van der Waals surface area contributed by atoms with Crippen LogP contribution < -0.4 is 10.2 Å². The second-order valence-electron chi connectivity index (χ2n) is 6.04. The number of anilines is 1. The number of hydrogen-bond donors (Lipinski definition) is 1. The van der Waals surface area contributed by atoms with Crippen LogP contribution in [0.2, 0.25) is 0 Å². The maximum absolute atomic E-state index is 12.3. The van der Waals surface area contributed by atoms with Crippen molar-refractivity contribution in [3.63, 3.8) is 0 Å². The maximum Gasteiger partial charge on any atom is 0.180 e. The zero-order chi connectivity index (χ0) is 15.6. The molecule has 22 heavy (non-hydrogen) atoms. The van der Waals surface area contributed by atoms with Gasteiger partial charge >= 0.3 is 0 Å². The van der Waals surface area contributed by atoms with E-state index in [1.807, 2.05) is 18.2 Å². The fourth-order valence-electron chi connectivity index (χ4n) is 3.42. The Morgan fingerprint density at radius 2 is 1.91 bits per heavy atom. The summed E-state index contributed by atoms with van der Waals surface area (Å²) in [6.45, 7) is 7.71. The van der Waals surface area contributed by atoms with Gasteiger partial charge in [0.25, 0.3) is 0 Å². The molecule has 0 amide bonds. The summed E-state index contributed by atoms with van der Waals surface area (Å²) in [7, 11) is -3.17. The van der Waals surface area contributed by atoms with Crippen LogP contribution in [0.15, 0.2) is 29.2 Å². The molecular weight excluding hydrogens is 298 g/mol. The van der Waals surface area contributed by atoms with Gasteiger partial charge in [-0.2, -0.15) is 0 Å². The number of piperazine rings is 1. The Morgan fingerprint density at radius 3 is 2.55 bits per heavy atom. The van der Waals surface area contributed by atoms with Crippen LogP contribution in [0.25, 0.3) is 0 Å². The van der Waals surface area contributed by atoms with Crippen molar-refractivity contribution in [1.29, 1.82) is 0 Å². The minimum absolute atomic E-state index is 0.151. The molecule has 1 unspecified atom stereocenters. The fourth-order valence-corrected chi connectivity index (χ4v) is 4.53. The first-order valence-electron chi connectivity index (χ1n) is 8.13. The van der Waals surface area contributed by atoms with Crippen LogP contribution in [0.3, 0.4) is 0 Å². The average Bonchev–Trinajstić information content (AvgIpc) is 3.09. The Morgan fingerprint density at radius 1 is 1.18 bits per heavy atom. The van der Waals surface area contributed by atoms with Gasteiger partial charge in [-0.05, 0) is 25.1 Å². The summed E-state index contributed by atoms with van der Waals surface area (Å²) in [6.07, 6.45) is 1.22. The number of sulfone groups is 1. The van der Waals surface area contributed by atoms with E-state index in [0.717, 1.165) is 45.0 Å². The van der Waals surface area contributed by atoms with E-state index in [1.165, 1.54) is 6.42 Å². The van der Waals surface area contributed by atoms with Crippen LogP contribution in [0.4, 0.5) is 5.69 Å². The molecule has 6 heteroatoms. The lowest BCUT2D eigenvalue weighted by molar-refractivity contribution is 0.196. The zero-order valence-electron chi connectivity index (χ0n) is 13.2. The third-order valence-corrected chi connectivity index (χ3v) is 6.56. The van der Waals surface area contributed by atoms with Crippen molar-refractivity contribution < 1.29 is 8.42 Å². The molecule has 3 rings (SSSR count). The van der Waals surface area contributed by atoms with Crippen molar-refractivity contribution in [2.24, 2.45) is 0 Å². The van der Waals surface area contributed by atoms with Gasteiger partial charge in [0.15, 0.2) is 9.84 Å². The third kappa shape index (κ3) is 3.14. The van der Waals surface area contributed by atoms with E-state index in [4.69, 9.17) is 0 Å². The lowest BCUT2D eigenvalue weighted by atomic mass is 10.1. The van der Waals surface area contributed by atoms with Crippen LogP contribution >= 0.6 is 0 Å². The number of rotatable bonds is 4. The molecule has 0 saturated carbocycles. The molecule has 1 aromatic rings. The molecule has 0 spiro atoms. The van der Waals surface area contributed by atoms with Gasteiger partial charge in [0, 0.05) is 38.8 Å². The fraction of sp³-hybridized carbons (Fsp3) is 0.625. The Hall–Kier alpha value is -1.11. The first-order valence-corrected chi connectivity index (χ1v) is 9.78. The Kier molecular flexibility index (Phi) is 4.70. The summed E-state index contributed by atoms with van der Waals surface area (Å²) in [5.74, 6) is 0.151. The molecule has 2 saturated heterocycles. The van der Waals surface area contributed by atoms with E-state index in [0.29, 0.717) is 10.9 Å². The van der Waals surface area contributed by atoms with E-state index in [1.54, 1.807) is 13.0 Å². The molecule has 1 atom stereocenters. The molecule has 0 radical (unpaired) electrons. The second-order valence-corrected chi connectivity index (χ2v) is 8.29. The smallest absolute Gasteiger partial charge is 0.180 e. The van der Waals surface area contributed by atoms with Crippen LogP contribution in [0.5, 0.6) is 0 Å². The Labute approximate surface area is 133 Å². The SMILES string of the molecule is CCS(=O)(=O)c1ccccc1N1CCN(C2CCNC2)CC1. The number of hydrogen-bond acceptors (Lipinski definition) is 5. The van der Waals surface area contributed by atoms with Crippen LogP contribution in [0, 0.1) is 0 Å². The van der Waals surface area contributed by atoms with Gasteiger partial charge < -0.3 is 10.2 Å². The van der Waals surface area contributed by atoms with Crippen molar-refractivity contribution in [3.8, 4) is 0 Å². The predicted octanol–water partition coefficient (Wildman–Crippen LogP) is 0.964. The molecule has 2 fully saturated rings. The van der Waals surface area contributed by atoms with E-state index in [-0.39, 0.29) is 5.75 Å². The molecule has 0 aliphatic carbocycles. The minimum atomic E-state index is -3.17. The normalized spacial score (nSPS) is 23.9. The monoisotopic (exact) mass is 323 g/mol. The molecule has 1 N–H and O–H groups in total. The average molecular weight is 323 g/mol. The largest absolute Gasteiger partial charge is 0.368 e. The molecule has 5 nitrogen and oxygen atoms in total. The van der Waals surface area contributed by atoms with Crippen molar-refractivity contribution in [2.45, 2.75) is 24.3 Å². The van der Waals surface area contributed by atoms with E-state index in [2.05, 4.69) is 15.1 Å². The highest BCUT2D eigenvalue weighted by molar-refractivity contribution is 7.91. The summed E-state index contributed by atoms with van der Waals surface area (Å²) in [5, 5.41) is 3.41. The highest BCUT2D eigenvalue weighted by Crippen LogP contribution is 2.27. The Balaban J connectivity index is 1.74. The molecule has 2 heterocycles. The molecule has 2 aliphatic heterocycles. The molecule has 1 aromatic carbocycles. The van der Waals surface area contributed by atoms with Gasteiger partial charge in [0.1, 0.15) is 0 Å². The van der Waals surface area contributed by atoms with Crippen LogP contribution in [-0.4, -0.2) is 64.4 Å². The number of para-hydroxylation sites is 1. The van der Waals surface area contributed by atoms with Crippen molar-refractivity contribution in [2.75, 3.05) is 49.9 Å². The van der Waals surface area contributed by atoms with E-state index < -0.39 is 9.84 Å². The van der Waals surface area contributed by atoms with Gasteiger partial charge in [-0.1, -0.05) is 19.1 Å². The predicted molar refractivity (Wildman–Crippen MR) is 89.2 cm³/mol. The highest BCUT2D eigenvalue weighted by atomic mass is 32.2. The third-order valence-electron chi connectivity index (χ3n) is 4.79. The molecular formula is C16H25N3O2S. The summed E-state index contributed by atoms with van der Waals surface area (Å²) >= 11 is 0. The number of nitrogens with one attached hydrogen (secondary N) is 1. The van der Waals surface area contributed by atoms with E-state index in [9.17, 15) is 8.42 Å². The van der Waals surface area contributed by atoms with Crippen molar-refractivity contribution in [1.82, 2.24) is 10.2 Å². The summed E-state index contributed by atoms with van der Waals surface area (Å²) in [4.78, 5) is 5.24. The summed E-state index contributed by atoms with van der Waals surface area (Å²) < 4.78 is 24.6. The standard InChI is InChI=1S/C16H25N3O2S/c1-2-22(20,21)16-6-4-3-5-15(16)19-11-9-18(10-12-19)14-7-8-17-13-14/h3-6,14,17H,2,7-13H2,1H3. The van der Waals surface area contributed by atoms with Gasteiger partial charge in [-0.15, -0.1) is 0 Å². The first-order chi connectivity index (χ1) is 10.6. The maximum atomic E-state index is 12.3. The van der Waals surface area contributed by atoms with Gasteiger partial charge in [0.2, 0.25) is 0 Å². The first kappa shape index (κ1) is 15.8. The minimum Gasteiger partial charge on any atom is -0.368 e. The molecule has 0 aromatic heterocycles. The van der Waals surface area contributed by atoms with Crippen LogP contribution in [0.1, 0.15) is 13.3 Å². The lowest BCUT2D eigenvalue weighted by Crippen LogP contribution is -2.51. The summed E-state index contributed by atoms with van der Waals surface area (Å²) in [6, 6.07) is 8.07. The number of benzene rings is 1. The van der Waals surface area contributed by atoms with E-state index >= 15 is 0 Å². The summed E-state index contributed by atoms with van der Waals surface area (Å²) in [5.41, 5.74) is 0.869. The van der Waals surface area contributed by atoms with Gasteiger partial charge in [-0.25, -0.2) is 8.42 Å².